The molecule has 2 aromatic heterocycles. The van der Waals surface area contributed by atoms with Crippen LogP contribution in [0.5, 0.6) is 0 Å². The van der Waals surface area contributed by atoms with E-state index in [0.717, 1.165) is 48.9 Å². The lowest BCUT2D eigenvalue weighted by Crippen LogP contribution is -2.37. The fourth-order valence-corrected chi connectivity index (χ4v) is 3.20. The molecule has 0 saturated carbocycles. The molecule has 142 valence electrons. The molecule has 27 heavy (non-hydrogen) atoms. The Hall–Kier alpha value is -2.31. The maximum atomic E-state index is 6.22. The van der Waals surface area contributed by atoms with Gasteiger partial charge in [-0.25, -0.2) is 4.99 Å². The van der Waals surface area contributed by atoms with Gasteiger partial charge in [0.25, 0.3) is 0 Å². The van der Waals surface area contributed by atoms with Crippen LogP contribution in [0.2, 0.25) is 10.0 Å². The van der Waals surface area contributed by atoms with E-state index >= 15 is 0 Å². The predicted molar refractivity (Wildman–Crippen MR) is 111 cm³/mol. The van der Waals surface area contributed by atoms with Gasteiger partial charge >= 0.3 is 0 Å². The van der Waals surface area contributed by atoms with Crippen molar-refractivity contribution in [3.63, 3.8) is 0 Å². The fraction of sp³-hybridized carbons (Fsp3) is 0.316. The van der Waals surface area contributed by atoms with E-state index in [0.29, 0.717) is 16.6 Å². The van der Waals surface area contributed by atoms with Gasteiger partial charge in [0, 0.05) is 29.3 Å². The van der Waals surface area contributed by atoms with E-state index in [1.807, 2.05) is 47.9 Å². The van der Waals surface area contributed by atoms with Crippen molar-refractivity contribution in [1.29, 1.82) is 0 Å². The van der Waals surface area contributed by atoms with Crippen LogP contribution >= 0.6 is 23.2 Å². The maximum absolute atomic E-state index is 6.22. The minimum atomic E-state index is 0.448. The van der Waals surface area contributed by atoms with Crippen molar-refractivity contribution in [2.24, 2.45) is 4.99 Å². The van der Waals surface area contributed by atoms with Gasteiger partial charge in [-0.3, -0.25) is 4.40 Å². The molecule has 0 saturated heterocycles. The molecule has 0 aliphatic carbocycles. The molecule has 0 unspecified atom stereocenters. The second-order valence-electron chi connectivity index (χ2n) is 6.01. The topological polar surface area (TPSA) is 66.6 Å². The number of hydrogen-bond donors (Lipinski definition) is 2. The molecule has 2 N–H and O–H groups in total. The SMILES string of the molecule is CCNC(=NCc1nnc2ccccn12)NCCCc1ccc(Cl)cc1Cl. The number of aromatic nitrogens is 3. The Morgan fingerprint density at radius 3 is 2.85 bits per heavy atom. The lowest BCUT2D eigenvalue weighted by atomic mass is 10.1. The summed E-state index contributed by atoms with van der Waals surface area (Å²) in [6.45, 7) is 4.06. The average molecular weight is 405 g/mol. The van der Waals surface area contributed by atoms with Gasteiger partial charge in [-0.2, -0.15) is 0 Å². The summed E-state index contributed by atoms with van der Waals surface area (Å²) in [6, 6.07) is 11.4. The predicted octanol–water partition coefficient (Wildman–Crippen LogP) is 3.72. The first-order chi connectivity index (χ1) is 13.2. The maximum Gasteiger partial charge on any atom is 0.191 e. The molecule has 3 rings (SSSR count). The van der Waals surface area contributed by atoms with E-state index in [-0.39, 0.29) is 0 Å². The summed E-state index contributed by atoms with van der Waals surface area (Å²) in [4.78, 5) is 4.61. The van der Waals surface area contributed by atoms with E-state index in [9.17, 15) is 0 Å². The highest BCUT2D eigenvalue weighted by molar-refractivity contribution is 6.35. The molecule has 0 aliphatic rings. The van der Waals surface area contributed by atoms with Crippen molar-refractivity contribution >= 4 is 34.8 Å². The van der Waals surface area contributed by atoms with E-state index in [4.69, 9.17) is 23.2 Å². The molecule has 0 radical (unpaired) electrons. The van der Waals surface area contributed by atoms with Gasteiger partial charge in [-0.15, -0.1) is 10.2 Å². The minimum absolute atomic E-state index is 0.448. The molecule has 8 heteroatoms. The molecule has 1 aromatic carbocycles. The van der Waals surface area contributed by atoms with Crippen molar-refractivity contribution < 1.29 is 0 Å². The van der Waals surface area contributed by atoms with Crippen molar-refractivity contribution in [2.75, 3.05) is 13.1 Å². The van der Waals surface area contributed by atoms with Gasteiger partial charge in [0.2, 0.25) is 0 Å². The molecular weight excluding hydrogens is 383 g/mol. The quantitative estimate of drug-likeness (QED) is 0.357. The van der Waals surface area contributed by atoms with Crippen LogP contribution in [-0.2, 0) is 13.0 Å². The molecule has 0 spiro atoms. The number of aliphatic imine (C=N–C) groups is 1. The second-order valence-corrected chi connectivity index (χ2v) is 6.85. The summed E-state index contributed by atoms with van der Waals surface area (Å²) in [6.07, 6.45) is 3.74. The van der Waals surface area contributed by atoms with Gasteiger partial charge in [0.15, 0.2) is 17.4 Å². The lowest BCUT2D eigenvalue weighted by molar-refractivity contribution is 0.740. The number of guanidine groups is 1. The number of nitrogens with zero attached hydrogens (tertiary/aromatic N) is 4. The largest absolute Gasteiger partial charge is 0.357 e. The Labute approximate surface area is 168 Å². The molecule has 0 fully saturated rings. The van der Waals surface area contributed by atoms with Gasteiger partial charge in [-0.1, -0.05) is 35.3 Å². The molecule has 0 atom stereocenters. The first-order valence-electron chi connectivity index (χ1n) is 8.92. The molecule has 0 amide bonds. The molecule has 3 aromatic rings. The van der Waals surface area contributed by atoms with Crippen molar-refractivity contribution in [2.45, 2.75) is 26.3 Å². The molecule has 0 bridgehead atoms. The standard InChI is InChI=1S/C19H22Cl2N6/c1-2-22-19(23-10-5-6-14-8-9-15(20)12-16(14)21)24-13-18-26-25-17-7-3-4-11-27(17)18/h3-4,7-9,11-12H,2,5-6,10,13H2,1H3,(H2,22,23,24). The first-order valence-corrected chi connectivity index (χ1v) is 9.67. The normalized spacial score (nSPS) is 11.7. The van der Waals surface area contributed by atoms with Crippen molar-refractivity contribution in [3.8, 4) is 0 Å². The summed E-state index contributed by atoms with van der Waals surface area (Å²) in [7, 11) is 0. The fourth-order valence-electron chi connectivity index (χ4n) is 2.70. The van der Waals surface area contributed by atoms with Gasteiger partial charge < -0.3 is 10.6 Å². The highest BCUT2D eigenvalue weighted by Gasteiger charge is 2.05. The highest BCUT2D eigenvalue weighted by Crippen LogP contribution is 2.21. The number of rotatable bonds is 7. The van der Waals surface area contributed by atoms with Gasteiger partial charge in [-0.05, 0) is 49.6 Å². The minimum Gasteiger partial charge on any atom is -0.357 e. The van der Waals surface area contributed by atoms with Crippen LogP contribution in [0.15, 0.2) is 47.6 Å². The third kappa shape index (κ3) is 5.34. The number of pyridine rings is 1. The number of fused-ring (bicyclic) bond motifs is 1. The van der Waals surface area contributed by atoms with Crippen LogP contribution in [0, 0.1) is 0 Å². The summed E-state index contributed by atoms with van der Waals surface area (Å²) in [5.41, 5.74) is 1.92. The highest BCUT2D eigenvalue weighted by atomic mass is 35.5. The number of nitrogens with one attached hydrogen (secondary N) is 2. The van der Waals surface area contributed by atoms with Crippen LogP contribution in [-0.4, -0.2) is 33.6 Å². The lowest BCUT2D eigenvalue weighted by Gasteiger charge is -2.11. The summed E-state index contributed by atoms with van der Waals surface area (Å²) < 4.78 is 1.94. The molecule has 2 heterocycles. The van der Waals surface area contributed by atoms with Crippen LogP contribution in [0.1, 0.15) is 24.7 Å². The van der Waals surface area contributed by atoms with Crippen molar-refractivity contribution in [3.05, 3.63) is 64.0 Å². The van der Waals surface area contributed by atoms with Gasteiger partial charge in [0.05, 0.1) is 0 Å². The number of halogens is 2. The third-order valence-electron chi connectivity index (χ3n) is 4.04. The Bertz CT molecular complexity index is 921. The number of benzene rings is 1. The van der Waals surface area contributed by atoms with E-state index in [1.165, 1.54) is 0 Å². The van der Waals surface area contributed by atoms with Crippen LogP contribution in [0.4, 0.5) is 0 Å². The Morgan fingerprint density at radius 2 is 2.04 bits per heavy atom. The smallest absolute Gasteiger partial charge is 0.191 e. The monoisotopic (exact) mass is 404 g/mol. The average Bonchev–Trinajstić information content (AvgIpc) is 3.08. The molecule has 6 nitrogen and oxygen atoms in total. The Kier molecular flexibility index (Phi) is 6.90. The summed E-state index contributed by atoms with van der Waals surface area (Å²) >= 11 is 12.2. The van der Waals surface area contributed by atoms with Crippen LogP contribution < -0.4 is 10.6 Å². The second kappa shape index (κ2) is 9.58. The molecular formula is C19H22Cl2N6. The number of hydrogen-bond acceptors (Lipinski definition) is 3. The summed E-state index contributed by atoms with van der Waals surface area (Å²) in [5, 5.41) is 16.3. The van der Waals surface area contributed by atoms with E-state index in [1.54, 1.807) is 6.07 Å². The van der Waals surface area contributed by atoms with E-state index in [2.05, 4.69) is 25.8 Å². The zero-order chi connectivity index (χ0) is 19.1. The zero-order valence-corrected chi connectivity index (χ0v) is 16.6. The Balaban J connectivity index is 1.54. The van der Waals surface area contributed by atoms with Crippen LogP contribution in [0.3, 0.4) is 0 Å². The van der Waals surface area contributed by atoms with Crippen molar-refractivity contribution in [1.82, 2.24) is 25.2 Å². The first kappa shape index (κ1) is 19.5. The van der Waals surface area contributed by atoms with Gasteiger partial charge in [0.1, 0.15) is 6.54 Å². The van der Waals surface area contributed by atoms with E-state index < -0.39 is 0 Å². The van der Waals surface area contributed by atoms with Crippen LogP contribution in [0.25, 0.3) is 5.65 Å². The zero-order valence-electron chi connectivity index (χ0n) is 15.1. The number of aryl methyl sites for hydroxylation is 1. The third-order valence-corrected chi connectivity index (χ3v) is 4.62. The molecule has 0 aliphatic heterocycles. The Morgan fingerprint density at radius 1 is 1.15 bits per heavy atom. The summed E-state index contributed by atoms with van der Waals surface area (Å²) in [5.74, 6) is 1.56.